The largest absolute Gasteiger partial charge is 0.352 e. The third-order valence-electron chi connectivity index (χ3n) is 6.61. The van der Waals surface area contributed by atoms with Crippen LogP contribution in [0.3, 0.4) is 0 Å². The van der Waals surface area contributed by atoms with Gasteiger partial charge < -0.3 is 9.47 Å². The van der Waals surface area contributed by atoms with Gasteiger partial charge in [-0.05, 0) is 44.9 Å². The summed E-state index contributed by atoms with van der Waals surface area (Å²) >= 11 is 0. The summed E-state index contributed by atoms with van der Waals surface area (Å²) in [5.74, 6) is 1.63. The molecule has 0 radical (unpaired) electrons. The Balaban J connectivity index is 1.42. The highest BCUT2D eigenvalue weighted by molar-refractivity contribution is 5.10. The molecule has 164 valence electrons. The van der Waals surface area contributed by atoms with Crippen LogP contribution in [0.15, 0.2) is 6.20 Å². The average molecular weight is 407 g/mol. The summed E-state index contributed by atoms with van der Waals surface area (Å²) in [6.45, 7) is 6.06. The van der Waals surface area contributed by atoms with Crippen LogP contribution < -0.4 is 0 Å². The number of ether oxygens (including phenoxy) is 2. The third kappa shape index (κ3) is 6.71. The zero-order valence-electron chi connectivity index (χ0n) is 18.4. The fourth-order valence-corrected chi connectivity index (χ4v) is 4.66. The van der Waals surface area contributed by atoms with Crippen LogP contribution in [0.5, 0.6) is 0 Å². The molecule has 1 aliphatic heterocycles. The van der Waals surface area contributed by atoms with Crippen LogP contribution >= 0.6 is 0 Å². The Morgan fingerprint density at radius 2 is 1.66 bits per heavy atom. The highest BCUT2D eigenvalue weighted by Crippen LogP contribution is 2.38. The van der Waals surface area contributed by atoms with Crippen molar-refractivity contribution in [2.24, 2.45) is 11.8 Å². The van der Waals surface area contributed by atoms with Gasteiger partial charge in [0.25, 0.3) is 0 Å². The normalized spacial score (nSPS) is 27.8. The molecule has 2 heterocycles. The maximum Gasteiger partial charge on any atom is 0.219 e. The zero-order chi connectivity index (χ0) is 20.5. The van der Waals surface area contributed by atoms with Crippen molar-refractivity contribution in [3.63, 3.8) is 0 Å². The molecule has 0 bridgehead atoms. The minimum Gasteiger partial charge on any atom is -0.352 e. The van der Waals surface area contributed by atoms with Crippen LogP contribution in [-0.2, 0) is 15.9 Å². The van der Waals surface area contributed by atoms with Gasteiger partial charge in [-0.1, -0.05) is 46.0 Å². The van der Waals surface area contributed by atoms with E-state index in [-0.39, 0.29) is 18.2 Å². The van der Waals surface area contributed by atoms with E-state index in [2.05, 4.69) is 23.8 Å². The second kappa shape index (κ2) is 11.9. The van der Waals surface area contributed by atoms with Gasteiger partial charge in [0.1, 0.15) is 5.82 Å². The molecule has 2 fully saturated rings. The van der Waals surface area contributed by atoms with Crippen LogP contribution in [0.2, 0.25) is 0 Å². The SMILES string of the molecule is CCCCCc1cnc([C@H]2CC[C@H](C3OCC(CCCCC)CO3)CC2)nc1F. The Bertz CT molecular complexity index is 597. The predicted octanol–water partition coefficient (Wildman–Crippen LogP) is 6.19. The van der Waals surface area contributed by atoms with E-state index in [4.69, 9.17) is 9.47 Å². The van der Waals surface area contributed by atoms with E-state index >= 15 is 0 Å². The molecule has 0 unspecified atom stereocenters. The van der Waals surface area contributed by atoms with E-state index in [9.17, 15) is 4.39 Å². The van der Waals surface area contributed by atoms with Crippen molar-refractivity contribution in [3.8, 4) is 0 Å². The molecule has 1 saturated heterocycles. The molecule has 0 aromatic carbocycles. The summed E-state index contributed by atoms with van der Waals surface area (Å²) in [6, 6.07) is 0. The number of unbranched alkanes of at least 4 members (excludes halogenated alkanes) is 4. The molecule has 3 rings (SSSR count). The number of hydrogen-bond acceptors (Lipinski definition) is 4. The summed E-state index contributed by atoms with van der Waals surface area (Å²) < 4.78 is 26.5. The van der Waals surface area contributed by atoms with Crippen LogP contribution in [-0.4, -0.2) is 29.5 Å². The second-order valence-corrected chi connectivity index (χ2v) is 9.01. The Morgan fingerprint density at radius 3 is 2.31 bits per heavy atom. The average Bonchev–Trinajstić information content (AvgIpc) is 2.76. The Labute approximate surface area is 176 Å². The maximum absolute atomic E-state index is 14.4. The van der Waals surface area contributed by atoms with Gasteiger partial charge in [0.2, 0.25) is 5.95 Å². The third-order valence-corrected chi connectivity index (χ3v) is 6.61. The van der Waals surface area contributed by atoms with E-state index < -0.39 is 0 Å². The second-order valence-electron chi connectivity index (χ2n) is 9.01. The first-order valence-corrected chi connectivity index (χ1v) is 12.0. The Hall–Kier alpha value is -1.07. The van der Waals surface area contributed by atoms with Crippen LogP contribution in [0.1, 0.15) is 102 Å². The van der Waals surface area contributed by atoms with Gasteiger partial charge in [0.05, 0.1) is 13.2 Å². The van der Waals surface area contributed by atoms with Gasteiger partial charge in [-0.15, -0.1) is 0 Å². The summed E-state index contributed by atoms with van der Waals surface area (Å²) in [7, 11) is 0. The van der Waals surface area contributed by atoms with Gasteiger partial charge in [-0.3, -0.25) is 0 Å². The summed E-state index contributed by atoms with van der Waals surface area (Å²) in [6.07, 6.45) is 14.8. The first-order valence-electron chi connectivity index (χ1n) is 12.0. The molecule has 5 heteroatoms. The van der Waals surface area contributed by atoms with Gasteiger partial charge in [-0.25, -0.2) is 9.97 Å². The van der Waals surface area contributed by atoms with E-state index in [0.717, 1.165) is 64.6 Å². The molecule has 0 spiro atoms. The predicted molar refractivity (Wildman–Crippen MR) is 113 cm³/mol. The lowest BCUT2D eigenvalue weighted by Crippen LogP contribution is -2.38. The topological polar surface area (TPSA) is 44.2 Å². The maximum atomic E-state index is 14.4. The summed E-state index contributed by atoms with van der Waals surface area (Å²) in [4.78, 5) is 8.73. The lowest BCUT2D eigenvalue weighted by atomic mass is 9.81. The van der Waals surface area contributed by atoms with Crippen molar-refractivity contribution in [2.45, 2.75) is 103 Å². The Morgan fingerprint density at radius 1 is 0.966 bits per heavy atom. The van der Waals surface area contributed by atoms with Crippen molar-refractivity contribution >= 4 is 0 Å². The molecule has 1 aliphatic carbocycles. The number of hydrogen-bond donors (Lipinski definition) is 0. The molecule has 0 atom stereocenters. The summed E-state index contributed by atoms with van der Waals surface area (Å²) in [5, 5.41) is 0. The molecular weight excluding hydrogens is 367 g/mol. The van der Waals surface area contributed by atoms with E-state index in [0.29, 0.717) is 23.2 Å². The monoisotopic (exact) mass is 406 g/mol. The minimum absolute atomic E-state index is 0.0584. The molecule has 1 aromatic rings. The standard InChI is InChI=1S/C24H39FN2O2/c1-3-5-7-9-18-16-28-24(29-17-18)20-13-11-19(12-14-20)23-26-15-21(22(25)27-23)10-8-6-4-2/h15,18-20,24H,3-14,16-17H2,1-2H3/t18?,19-,20-,24?. The number of aromatic nitrogens is 2. The quantitative estimate of drug-likeness (QED) is 0.343. The molecule has 1 aromatic heterocycles. The molecule has 4 nitrogen and oxygen atoms in total. The number of nitrogens with zero attached hydrogens (tertiary/aromatic N) is 2. The smallest absolute Gasteiger partial charge is 0.219 e. The summed E-state index contributed by atoms with van der Waals surface area (Å²) in [5.41, 5.74) is 0.661. The van der Waals surface area contributed by atoms with E-state index in [1.54, 1.807) is 6.20 Å². The number of aryl methyl sites for hydroxylation is 1. The molecule has 0 N–H and O–H groups in total. The first-order chi connectivity index (χ1) is 14.2. The van der Waals surface area contributed by atoms with Crippen LogP contribution in [0.4, 0.5) is 4.39 Å². The van der Waals surface area contributed by atoms with Crippen LogP contribution in [0, 0.1) is 17.8 Å². The van der Waals surface area contributed by atoms with Gasteiger partial charge in [0, 0.05) is 29.5 Å². The fraction of sp³-hybridized carbons (Fsp3) is 0.833. The van der Waals surface area contributed by atoms with Gasteiger partial charge in [-0.2, -0.15) is 4.39 Å². The molecule has 29 heavy (non-hydrogen) atoms. The van der Waals surface area contributed by atoms with E-state index in [1.807, 2.05) is 0 Å². The van der Waals surface area contributed by atoms with Crippen molar-refractivity contribution < 1.29 is 13.9 Å². The van der Waals surface area contributed by atoms with Crippen molar-refractivity contribution in [3.05, 3.63) is 23.5 Å². The Kier molecular flexibility index (Phi) is 9.32. The van der Waals surface area contributed by atoms with Gasteiger partial charge in [0.15, 0.2) is 6.29 Å². The zero-order valence-corrected chi connectivity index (χ0v) is 18.4. The van der Waals surface area contributed by atoms with Crippen molar-refractivity contribution in [1.29, 1.82) is 0 Å². The molecule has 0 amide bonds. The number of halogens is 1. The van der Waals surface area contributed by atoms with Crippen molar-refractivity contribution in [2.75, 3.05) is 13.2 Å². The van der Waals surface area contributed by atoms with Gasteiger partial charge >= 0.3 is 0 Å². The lowest BCUT2D eigenvalue weighted by molar-refractivity contribution is -0.229. The lowest BCUT2D eigenvalue weighted by Gasteiger charge is -2.37. The highest BCUT2D eigenvalue weighted by atomic mass is 19.1. The molecule has 1 saturated carbocycles. The molecular formula is C24H39FN2O2. The highest BCUT2D eigenvalue weighted by Gasteiger charge is 2.33. The van der Waals surface area contributed by atoms with Crippen molar-refractivity contribution in [1.82, 2.24) is 9.97 Å². The molecule has 2 aliphatic rings. The minimum atomic E-state index is -0.318. The van der Waals surface area contributed by atoms with Crippen LogP contribution in [0.25, 0.3) is 0 Å². The fourth-order valence-electron chi connectivity index (χ4n) is 4.66. The number of rotatable bonds is 10. The first kappa shape index (κ1) is 22.6. The van der Waals surface area contributed by atoms with E-state index in [1.165, 1.54) is 25.7 Å².